The first-order valence-corrected chi connectivity index (χ1v) is 20.3. The summed E-state index contributed by atoms with van der Waals surface area (Å²) >= 11 is 0. The summed E-state index contributed by atoms with van der Waals surface area (Å²) in [5.74, 6) is 0.348. The van der Waals surface area contributed by atoms with E-state index >= 15 is 0 Å². The Kier molecular flexibility index (Phi) is 14.0. The number of fused-ring (bicyclic) bond motifs is 2. The first-order valence-electron chi connectivity index (χ1n) is 20.3. The van der Waals surface area contributed by atoms with Gasteiger partial charge in [0.2, 0.25) is 0 Å². The number of nitrogens with one attached hydrogen (secondary N) is 1. The molecule has 0 aliphatic rings. The lowest BCUT2D eigenvalue weighted by atomic mass is 10.1. The maximum Gasteiger partial charge on any atom is 0.343 e. The molecular weight excluding hydrogens is 763 g/mol. The molecule has 0 bridgehead atoms. The number of ether oxygens (including phenoxy) is 3. The standard InChI is InChI=1S/C51H47N5O5/c1-35(2)50(57)60-33-11-5-4-10-32-59-40-26-20-38(21-27-40)51(58)61-41-24-18-37(19-25-41)34-52-46-28-29-48(43-13-7-6-12-42(43)46)55-56-49-31-30-47(44-14-8-9-15-45(44)49)54-53-39-22-16-36(3)17-23-39/h6-9,12-31,52H,1,4-5,10-11,32-34H2,2-3H3. The molecule has 7 rings (SSSR count). The molecule has 0 heterocycles. The monoisotopic (exact) mass is 809 g/mol. The molecule has 0 amide bonds. The van der Waals surface area contributed by atoms with E-state index in [1.165, 1.54) is 5.56 Å². The number of benzene rings is 7. The third-order valence-corrected chi connectivity index (χ3v) is 9.95. The molecule has 7 aromatic rings. The highest BCUT2D eigenvalue weighted by Crippen LogP contribution is 2.37. The molecule has 0 saturated carbocycles. The molecule has 0 atom stereocenters. The van der Waals surface area contributed by atoms with Gasteiger partial charge in [0.1, 0.15) is 11.5 Å². The number of aryl methyl sites for hydroxylation is 1. The predicted molar refractivity (Wildman–Crippen MR) is 242 cm³/mol. The van der Waals surface area contributed by atoms with E-state index in [2.05, 4.69) is 28.2 Å². The average molecular weight is 810 g/mol. The molecule has 61 heavy (non-hydrogen) atoms. The average Bonchev–Trinajstić information content (AvgIpc) is 3.29. The Hall–Kier alpha value is -7.46. The molecule has 0 aliphatic carbocycles. The molecule has 1 N–H and O–H groups in total. The van der Waals surface area contributed by atoms with Crippen molar-refractivity contribution in [1.29, 1.82) is 0 Å². The minimum atomic E-state index is -0.445. The first kappa shape index (κ1) is 41.7. The van der Waals surface area contributed by atoms with E-state index < -0.39 is 5.97 Å². The number of hydrogen-bond donors (Lipinski definition) is 1. The minimum Gasteiger partial charge on any atom is -0.494 e. The van der Waals surface area contributed by atoms with Gasteiger partial charge in [0.15, 0.2) is 0 Å². The maximum atomic E-state index is 12.9. The number of anilines is 1. The van der Waals surface area contributed by atoms with Gasteiger partial charge in [0.05, 0.1) is 41.5 Å². The van der Waals surface area contributed by atoms with Crippen molar-refractivity contribution in [3.8, 4) is 11.5 Å². The fraction of sp³-hybridized carbons (Fsp3) is 0.176. The number of azo groups is 2. The molecule has 0 aromatic heterocycles. The molecule has 306 valence electrons. The van der Waals surface area contributed by atoms with Gasteiger partial charge in [-0.1, -0.05) is 84.9 Å². The molecule has 10 heteroatoms. The summed E-state index contributed by atoms with van der Waals surface area (Å²) < 4.78 is 16.6. The van der Waals surface area contributed by atoms with E-state index in [0.717, 1.165) is 81.2 Å². The van der Waals surface area contributed by atoms with E-state index in [1.807, 2.05) is 110 Å². The van der Waals surface area contributed by atoms with E-state index in [1.54, 1.807) is 43.3 Å². The van der Waals surface area contributed by atoms with Crippen molar-refractivity contribution in [2.75, 3.05) is 18.5 Å². The van der Waals surface area contributed by atoms with Gasteiger partial charge in [-0.3, -0.25) is 0 Å². The largest absolute Gasteiger partial charge is 0.494 e. The fourth-order valence-electron chi connectivity index (χ4n) is 6.56. The lowest BCUT2D eigenvalue weighted by Gasteiger charge is -2.12. The lowest BCUT2D eigenvalue weighted by Crippen LogP contribution is -2.08. The van der Waals surface area contributed by atoms with Gasteiger partial charge in [-0.25, -0.2) is 9.59 Å². The quantitative estimate of drug-likeness (QED) is 0.0303. The van der Waals surface area contributed by atoms with Crippen molar-refractivity contribution in [3.63, 3.8) is 0 Å². The van der Waals surface area contributed by atoms with Gasteiger partial charge in [-0.05, 0) is 118 Å². The van der Waals surface area contributed by atoms with E-state index in [-0.39, 0.29) is 5.97 Å². The van der Waals surface area contributed by atoms with Crippen molar-refractivity contribution in [2.45, 2.75) is 46.1 Å². The number of hydrogen-bond acceptors (Lipinski definition) is 10. The molecular formula is C51H47N5O5. The van der Waals surface area contributed by atoms with Crippen molar-refractivity contribution in [2.24, 2.45) is 20.5 Å². The number of carbonyl (C=O) groups is 2. The number of rotatable bonds is 18. The van der Waals surface area contributed by atoms with Crippen LogP contribution in [-0.4, -0.2) is 25.2 Å². The summed E-state index contributed by atoms with van der Waals surface area (Å²) in [6.45, 7) is 8.78. The van der Waals surface area contributed by atoms with Crippen LogP contribution in [0.3, 0.4) is 0 Å². The highest BCUT2D eigenvalue weighted by Gasteiger charge is 2.11. The zero-order chi connectivity index (χ0) is 42.4. The third-order valence-electron chi connectivity index (χ3n) is 9.95. The number of esters is 2. The van der Waals surface area contributed by atoms with Crippen molar-refractivity contribution < 1.29 is 23.8 Å². The second-order valence-corrected chi connectivity index (χ2v) is 14.7. The van der Waals surface area contributed by atoms with Gasteiger partial charge >= 0.3 is 11.9 Å². The van der Waals surface area contributed by atoms with E-state index in [0.29, 0.717) is 42.4 Å². The number of carbonyl (C=O) groups excluding carboxylic acids is 2. The van der Waals surface area contributed by atoms with Crippen LogP contribution in [0.5, 0.6) is 11.5 Å². The maximum absolute atomic E-state index is 12.9. The highest BCUT2D eigenvalue weighted by molar-refractivity contribution is 6.02. The minimum absolute atomic E-state index is 0.348. The van der Waals surface area contributed by atoms with Crippen molar-refractivity contribution in [1.82, 2.24) is 0 Å². The van der Waals surface area contributed by atoms with Gasteiger partial charge in [0.25, 0.3) is 0 Å². The molecule has 0 radical (unpaired) electrons. The van der Waals surface area contributed by atoms with Crippen LogP contribution in [-0.2, 0) is 16.1 Å². The topological polar surface area (TPSA) is 123 Å². The summed E-state index contributed by atoms with van der Waals surface area (Å²) in [6.07, 6.45) is 3.58. The highest BCUT2D eigenvalue weighted by atomic mass is 16.5. The second kappa shape index (κ2) is 20.5. The Labute approximate surface area is 355 Å². The zero-order valence-electron chi connectivity index (χ0n) is 34.3. The third kappa shape index (κ3) is 11.4. The van der Waals surface area contributed by atoms with Crippen LogP contribution < -0.4 is 14.8 Å². The van der Waals surface area contributed by atoms with Gasteiger partial charge in [-0.15, -0.1) is 15.3 Å². The second-order valence-electron chi connectivity index (χ2n) is 14.7. The van der Waals surface area contributed by atoms with E-state index in [4.69, 9.17) is 24.4 Å². The summed E-state index contributed by atoms with van der Waals surface area (Å²) in [5.41, 5.74) is 7.05. The smallest absolute Gasteiger partial charge is 0.343 e. The van der Waals surface area contributed by atoms with Crippen LogP contribution >= 0.6 is 0 Å². The van der Waals surface area contributed by atoms with Crippen molar-refractivity contribution >= 4 is 61.9 Å². The van der Waals surface area contributed by atoms with Crippen LogP contribution in [0.1, 0.15) is 54.1 Å². The van der Waals surface area contributed by atoms with Crippen LogP contribution in [0.4, 0.5) is 28.4 Å². The van der Waals surface area contributed by atoms with Crippen LogP contribution in [0, 0.1) is 6.92 Å². The first-order chi connectivity index (χ1) is 29.8. The summed E-state index contributed by atoms with van der Waals surface area (Å²) in [7, 11) is 0. The lowest BCUT2D eigenvalue weighted by molar-refractivity contribution is -0.139. The Morgan fingerprint density at radius 2 is 1.11 bits per heavy atom. The Balaban J connectivity index is 0.913. The Bertz CT molecular complexity index is 2690. The van der Waals surface area contributed by atoms with Crippen LogP contribution in [0.2, 0.25) is 0 Å². The Morgan fingerprint density at radius 1 is 0.574 bits per heavy atom. The predicted octanol–water partition coefficient (Wildman–Crippen LogP) is 14.0. The zero-order valence-corrected chi connectivity index (χ0v) is 34.3. The summed E-state index contributed by atoms with van der Waals surface area (Å²) in [6, 6.07) is 46.3. The number of nitrogens with zero attached hydrogens (tertiary/aromatic N) is 4. The normalized spacial score (nSPS) is 11.3. The molecule has 0 saturated heterocycles. The van der Waals surface area contributed by atoms with Gasteiger partial charge in [0, 0.05) is 39.4 Å². The molecule has 10 nitrogen and oxygen atoms in total. The summed E-state index contributed by atoms with van der Waals surface area (Å²) in [5, 5.41) is 25.9. The number of unbranched alkanes of at least 4 members (excludes halogenated alkanes) is 3. The van der Waals surface area contributed by atoms with Crippen molar-refractivity contribution in [3.05, 3.63) is 174 Å². The van der Waals surface area contributed by atoms with Crippen LogP contribution in [0.15, 0.2) is 178 Å². The molecule has 0 aliphatic heterocycles. The summed E-state index contributed by atoms with van der Waals surface area (Å²) in [4.78, 5) is 24.3. The van der Waals surface area contributed by atoms with E-state index in [9.17, 15) is 9.59 Å². The molecule has 0 spiro atoms. The van der Waals surface area contributed by atoms with Gasteiger partial charge in [-0.2, -0.15) is 5.11 Å². The molecule has 7 aromatic carbocycles. The molecule has 0 unspecified atom stereocenters. The SMILES string of the molecule is C=C(C)C(=O)OCCCCCCOc1ccc(C(=O)Oc2ccc(CNc3ccc(N=Nc4ccc(N=Nc5ccc(C)cc5)c5ccccc45)c4ccccc34)cc2)cc1. The molecule has 0 fully saturated rings. The van der Waals surface area contributed by atoms with Crippen LogP contribution in [0.25, 0.3) is 21.5 Å². The Morgan fingerprint density at radius 3 is 1.74 bits per heavy atom. The fourth-order valence-corrected chi connectivity index (χ4v) is 6.56. The van der Waals surface area contributed by atoms with Gasteiger partial charge < -0.3 is 19.5 Å².